The normalized spacial score (nSPS) is 14.8. The first-order chi connectivity index (χ1) is 15.5. The molecule has 1 aliphatic rings. The minimum atomic E-state index is -0.911. The summed E-state index contributed by atoms with van der Waals surface area (Å²) >= 11 is 1.40. The molecule has 32 heavy (non-hydrogen) atoms. The van der Waals surface area contributed by atoms with E-state index in [4.69, 9.17) is 15.9 Å². The zero-order valence-corrected chi connectivity index (χ0v) is 18.6. The van der Waals surface area contributed by atoms with Crippen LogP contribution in [0, 0.1) is 12.3 Å². The van der Waals surface area contributed by atoms with Gasteiger partial charge in [-0.25, -0.2) is 14.6 Å². The molecule has 0 bridgehead atoms. The number of nitrogens with zero attached hydrogens (tertiary/aromatic N) is 2. The topological polar surface area (TPSA) is 97.8 Å². The van der Waals surface area contributed by atoms with Crippen LogP contribution in [0.4, 0.5) is 4.79 Å². The van der Waals surface area contributed by atoms with Gasteiger partial charge in [0.1, 0.15) is 5.69 Å². The first kappa shape index (κ1) is 23.3. The summed E-state index contributed by atoms with van der Waals surface area (Å²) in [5, 5.41) is 5.26. The molecule has 9 heteroatoms. The SMILES string of the molecule is C#CCOC(=O)N1CCC(c2nc(C(=O)NC(C(=O)OCC)c3ccccc3)cs2)CC1. The molecule has 1 saturated heterocycles. The first-order valence-electron chi connectivity index (χ1n) is 10.4. The van der Waals surface area contributed by atoms with Gasteiger partial charge >= 0.3 is 12.1 Å². The third-order valence-electron chi connectivity index (χ3n) is 5.07. The number of rotatable bonds is 7. The van der Waals surface area contributed by atoms with Crippen molar-refractivity contribution >= 4 is 29.3 Å². The van der Waals surface area contributed by atoms with Gasteiger partial charge in [-0.1, -0.05) is 36.3 Å². The number of esters is 1. The van der Waals surface area contributed by atoms with Gasteiger partial charge in [-0.05, 0) is 25.3 Å². The lowest BCUT2D eigenvalue weighted by Gasteiger charge is -2.30. The van der Waals surface area contributed by atoms with Crippen LogP contribution in [-0.2, 0) is 14.3 Å². The maximum atomic E-state index is 12.8. The molecule has 0 aliphatic carbocycles. The summed E-state index contributed by atoms with van der Waals surface area (Å²) in [5.74, 6) is 1.46. The standard InChI is InChI=1S/C23H25N3O5S/c1-3-14-31-23(29)26-12-10-17(11-13-26)21-24-18(15-32-21)20(27)25-19(22(28)30-4-2)16-8-6-5-7-9-16/h1,5-9,15,17,19H,4,10-14H2,2H3,(H,25,27). The van der Waals surface area contributed by atoms with E-state index < -0.39 is 24.0 Å². The van der Waals surface area contributed by atoms with E-state index in [1.165, 1.54) is 11.3 Å². The van der Waals surface area contributed by atoms with Crippen molar-refractivity contribution < 1.29 is 23.9 Å². The number of carbonyl (C=O) groups excluding carboxylic acids is 3. The largest absolute Gasteiger partial charge is 0.464 e. The molecule has 2 aromatic rings. The number of hydrogen-bond acceptors (Lipinski definition) is 7. The summed E-state index contributed by atoms with van der Waals surface area (Å²) in [6.07, 6.45) is 6.14. The number of aromatic nitrogens is 1. The minimum absolute atomic E-state index is 0.0422. The Morgan fingerprint density at radius 2 is 1.97 bits per heavy atom. The smallest absolute Gasteiger partial charge is 0.410 e. The molecule has 0 spiro atoms. The Morgan fingerprint density at radius 1 is 1.25 bits per heavy atom. The molecule has 2 amide bonds. The minimum Gasteiger partial charge on any atom is -0.464 e. The summed E-state index contributed by atoms with van der Waals surface area (Å²) in [6, 6.07) is 8.03. The van der Waals surface area contributed by atoms with E-state index in [0.717, 1.165) is 17.8 Å². The second kappa shape index (κ2) is 11.3. The lowest BCUT2D eigenvalue weighted by molar-refractivity contribution is -0.145. The summed E-state index contributed by atoms with van der Waals surface area (Å²) < 4.78 is 10.1. The number of ether oxygens (including phenoxy) is 2. The molecule has 8 nitrogen and oxygen atoms in total. The summed E-state index contributed by atoms with van der Waals surface area (Å²) in [5.41, 5.74) is 0.893. The molecule has 1 fully saturated rings. The molecule has 3 rings (SSSR count). The number of amides is 2. The molecule has 2 heterocycles. The Hall–Kier alpha value is -3.38. The van der Waals surface area contributed by atoms with Gasteiger partial charge in [0.05, 0.1) is 11.6 Å². The lowest BCUT2D eigenvalue weighted by atomic mass is 9.98. The zero-order chi connectivity index (χ0) is 22.9. The number of hydrogen-bond donors (Lipinski definition) is 1. The number of likely N-dealkylation sites (tertiary alicyclic amines) is 1. The van der Waals surface area contributed by atoms with Crippen LogP contribution in [0.2, 0.25) is 0 Å². The highest BCUT2D eigenvalue weighted by molar-refractivity contribution is 7.09. The summed E-state index contributed by atoms with van der Waals surface area (Å²) in [7, 11) is 0. The van der Waals surface area contributed by atoms with Crippen molar-refractivity contribution in [1.82, 2.24) is 15.2 Å². The van der Waals surface area contributed by atoms with Gasteiger partial charge in [-0.3, -0.25) is 4.79 Å². The van der Waals surface area contributed by atoms with Crippen LogP contribution in [0.25, 0.3) is 0 Å². The fourth-order valence-electron chi connectivity index (χ4n) is 3.44. The molecule has 1 aliphatic heterocycles. The predicted molar refractivity (Wildman–Crippen MR) is 119 cm³/mol. The van der Waals surface area contributed by atoms with E-state index >= 15 is 0 Å². The Bertz CT molecular complexity index is 977. The van der Waals surface area contributed by atoms with Crippen molar-refractivity contribution in [3.63, 3.8) is 0 Å². The number of piperidine rings is 1. The Balaban J connectivity index is 1.62. The maximum absolute atomic E-state index is 12.8. The molecular formula is C23H25N3O5S. The van der Waals surface area contributed by atoms with Crippen LogP contribution in [-0.4, -0.2) is 54.2 Å². The predicted octanol–water partition coefficient (Wildman–Crippen LogP) is 3.13. The highest BCUT2D eigenvalue weighted by Crippen LogP contribution is 2.30. The fraction of sp³-hybridized carbons (Fsp3) is 0.391. The first-order valence-corrected chi connectivity index (χ1v) is 11.2. The van der Waals surface area contributed by atoms with Crippen molar-refractivity contribution in [1.29, 1.82) is 0 Å². The highest BCUT2D eigenvalue weighted by atomic mass is 32.1. The fourth-order valence-corrected chi connectivity index (χ4v) is 4.41. The van der Waals surface area contributed by atoms with E-state index in [1.807, 2.05) is 6.07 Å². The van der Waals surface area contributed by atoms with Gasteiger partial charge in [-0.15, -0.1) is 17.8 Å². The second-order valence-corrected chi connectivity index (χ2v) is 8.05. The van der Waals surface area contributed by atoms with E-state index in [2.05, 4.69) is 16.2 Å². The molecule has 1 aromatic heterocycles. The van der Waals surface area contributed by atoms with Gasteiger partial charge in [-0.2, -0.15) is 0 Å². The molecule has 1 unspecified atom stereocenters. The van der Waals surface area contributed by atoms with Crippen molar-refractivity contribution in [2.75, 3.05) is 26.3 Å². The number of nitrogens with one attached hydrogen (secondary N) is 1. The average molecular weight is 456 g/mol. The van der Waals surface area contributed by atoms with Gasteiger partial charge in [0.25, 0.3) is 5.91 Å². The third-order valence-corrected chi connectivity index (χ3v) is 6.07. The molecule has 0 radical (unpaired) electrons. The van der Waals surface area contributed by atoms with Crippen LogP contribution in [0.15, 0.2) is 35.7 Å². The van der Waals surface area contributed by atoms with Gasteiger partial charge in [0.2, 0.25) is 0 Å². The van der Waals surface area contributed by atoms with Crippen LogP contribution < -0.4 is 5.32 Å². The molecule has 168 valence electrons. The molecule has 0 saturated carbocycles. The number of thiazole rings is 1. The van der Waals surface area contributed by atoms with Gasteiger partial charge in [0.15, 0.2) is 12.6 Å². The van der Waals surface area contributed by atoms with Crippen LogP contribution in [0.3, 0.4) is 0 Å². The van der Waals surface area contributed by atoms with E-state index in [0.29, 0.717) is 18.7 Å². The van der Waals surface area contributed by atoms with Crippen molar-refractivity contribution in [2.45, 2.75) is 31.7 Å². The zero-order valence-electron chi connectivity index (χ0n) is 17.8. The molecule has 1 N–H and O–H groups in total. The average Bonchev–Trinajstić information content (AvgIpc) is 3.32. The highest BCUT2D eigenvalue weighted by Gasteiger charge is 2.29. The lowest BCUT2D eigenvalue weighted by Crippen LogP contribution is -2.38. The summed E-state index contributed by atoms with van der Waals surface area (Å²) in [6.45, 7) is 2.96. The van der Waals surface area contributed by atoms with Crippen molar-refractivity contribution in [3.05, 3.63) is 52.0 Å². The molecule has 1 aromatic carbocycles. The van der Waals surface area contributed by atoms with E-state index in [9.17, 15) is 14.4 Å². The Labute approximate surface area is 190 Å². The third kappa shape index (κ3) is 5.86. The Kier molecular flexibility index (Phi) is 8.22. The van der Waals surface area contributed by atoms with E-state index in [-0.39, 0.29) is 24.8 Å². The summed E-state index contributed by atoms with van der Waals surface area (Å²) in [4.78, 5) is 43.3. The van der Waals surface area contributed by atoms with E-state index in [1.54, 1.807) is 41.5 Å². The second-order valence-electron chi connectivity index (χ2n) is 7.16. The van der Waals surface area contributed by atoms with Crippen molar-refractivity contribution in [2.24, 2.45) is 0 Å². The number of terminal acetylenes is 1. The monoisotopic (exact) mass is 455 g/mol. The number of benzene rings is 1. The Morgan fingerprint density at radius 3 is 2.62 bits per heavy atom. The van der Waals surface area contributed by atoms with Crippen LogP contribution in [0.5, 0.6) is 0 Å². The quantitative estimate of drug-likeness (QED) is 0.509. The van der Waals surface area contributed by atoms with Gasteiger partial charge < -0.3 is 19.7 Å². The number of carbonyl (C=O) groups is 3. The molecule has 1 atom stereocenters. The maximum Gasteiger partial charge on any atom is 0.410 e. The van der Waals surface area contributed by atoms with Crippen LogP contribution in [0.1, 0.15) is 52.8 Å². The van der Waals surface area contributed by atoms with Gasteiger partial charge in [0, 0.05) is 24.4 Å². The van der Waals surface area contributed by atoms with Crippen LogP contribution >= 0.6 is 11.3 Å². The molecular weight excluding hydrogens is 430 g/mol. The van der Waals surface area contributed by atoms with Crippen molar-refractivity contribution in [3.8, 4) is 12.3 Å².